The third kappa shape index (κ3) is 3.76. The van der Waals surface area contributed by atoms with Crippen LogP contribution in [0.3, 0.4) is 0 Å². The fourth-order valence-corrected chi connectivity index (χ4v) is 4.17. The number of rotatable bonds is 4. The number of halogens is 1. The van der Waals surface area contributed by atoms with Crippen LogP contribution < -0.4 is 26.6 Å². The molecule has 0 fully saturated rings. The van der Waals surface area contributed by atoms with Crippen LogP contribution in [0.4, 0.5) is 5.69 Å². The highest BCUT2D eigenvalue weighted by molar-refractivity contribution is 5.97. The highest BCUT2D eigenvalue weighted by Crippen LogP contribution is 2.38. The Labute approximate surface area is 171 Å². The number of amidine groups is 1. The average Bonchev–Trinajstić information content (AvgIpc) is 2.79. The van der Waals surface area contributed by atoms with Gasteiger partial charge in [-0.2, -0.15) is 4.90 Å². The van der Waals surface area contributed by atoms with Gasteiger partial charge in [-0.25, -0.2) is 0 Å². The van der Waals surface area contributed by atoms with Gasteiger partial charge in [0.15, 0.2) is 6.54 Å². The van der Waals surface area contributed by atoms with E-state index in [4.69, 9.17) is 4.74 Å². The molecule has 0 radical (unpaired) electrons. The fraction of sp³-hybridized carbons (Fsp3) is 0.409. The molecular formula is C22H27BrN2O2. The number of hydrogen-bond acceptors (Lipinski definition) is 3. The molecule has 0 saturated heterocycles. The minimum absolute atomic E-state index is 0. The normalized spacial score (nSPS) is 22.1. The van der Waals surface area contributed by atoms with Gasteiger partial charge in [-0.1, -0.05) is 18.2 Å². The highest BCUT2D eigenvalue weighted by Gasteiger charge is 2.53. The van der Waals surface area contributed by atoms with Gasteiger partial charge in [0.2, 0.25) is 0 Å². The molecule has 5 heteroatoms. The first-order chi connectivity index (χ1) is 12.7. The molecule has 2 aromatic carbocycles. The second-order valence-corrected chi connectivity index (χ2v) is 7.09. The number of hydrogen-bond donors (Lipinski definition) is 1. The molecule has 1 atom stereocenters. The Kier molecular flexibility index (Phi) is 6.22. The van der Waals surface area contributed by atoms with Crippen LogP contribution in [0.15, 0.2) is 54.6 Å². The van der Waals surface area contributed by atoms with E-state index in [2.05, 4.69) is 21.6 Å². The highest BCUT2D eigenvalue weighted by atomic mass is 79.9. The lowest BCUT2D eigenvalue weighted by molar-refractivity contribution is -0.534. The smallest absolute Gasteiger partial charge is 0.275 e. The second kappa shape index (κ2) is 8.44. The minimum atomic E-state index is -1.06. The van der Waals surface area contributed by atoms with Crippen molar-refractivity contribution in [2.45, 2.75) is 38.3 Å². The van der Waals surface area contributed by atoms with Crippen LogP contribution in [0.2, 0.25) is 0 Å². The number of benzene rings is 2. The largest absolute Gasteiger partial charge is 1.00 e. The van der Waals surface area contributed by atoms with E-state index in [1.165, 1.54) is 25.1 Å². The van der Waals surface area contributed by atoms with Crippen LogP contribution >= 0.6 is 0 Å². The van der Waals surface area contributed by atoms with Crippen LogP contribution in [-0.4, -0.2) is 35.2 Å². The maximum Gasteiger partial charge on any atom is 0.275 e. The van der Waals surface area contributed by atoms with Gasteiger partial charge in [-0.15, -0.1) is 0 Å². The molecule has 2 aromatic rings. The van der Waals surface area contributed by atoms with Crippen molar-refractivity contribution in [1.82, 2.24) is 0 Å². The van der Waals surface area contributed by atoms with Gasteiger partial charge in [-0.05, 0) is 62.6 Å². The zero-order valence-corrected chi connectivity index (χ0v) is 17.4. The molecular weight excluding hydrogens is 404 g/mol. The molecule has 1 unspecified atom stereocenters. The van der Waals surface area contributed by atoms with E-state index >= 15 is 0 Å². The van der Waals surface area contributed by atoms with Crippen LogP contribution in [0.5, 0.6) is 5.75 Å². The Morgan fingerprint density at radius 3 is 2.48 bits per heavy atom. The number of para-hydroxylation sites is 1. The first-order valence-electron chi connectivity index (χ1n) is 9.64. The maximum absolute atomic E-state index is 11.8. The molecule has 1 N–H and O–H groups in total. The van der Waals surface area contributed by atoms with Crippen molar-refractivity contribution in [2.75, 3.05) is 24.6 Å². The Balaban J connectivity index is 0.00000210. The van der Waals surface area contributed by atoms with Crippen molar-refractivity contribution in [2.24, 2.45) is 0 Å². The van der Waals surface area contributed by atoms with Crippen LogP contribution in [-0.2, 0) is 5.72 Å². The number of nitrogens with zero attached hydrogens (tertiary/aromatic N) is 2. The molecule has 2 aliphatic heterocycles. The molecule has 4 rings (SSSR count). The fourth-order valence-electron chi connectivity index (χ4n) is 4.17. The van der Waals surface area contributed by atoms with Crippen molar-refractivity contribution in [3.8, 4) is 5.75 Å². The molecule has 144 valence electrons. The van der Waals surface area contributed by atoms with Crippen molar-refractivity contribution >= 4 is 11.5 Å². The van der Waals surface area contributed by atoms with E-state index in [1.807, 2.05) is 49.4 Å². The number of ether oxygens (including phenoxy) is 1. The SMILES string of the molecule is CCOc1ccc(C2(O)C[N+]3=C(CCCCC3)N2c2ccccc2)cc1.[Br-]. The third-order valence-corrected chi connectivity index (χ3v) is 5.37. The molecule has 2 aliphatic rings. The zero-order chi connectivity index (χ0) is 18.0. The molecule has 2 heterocycles. The summed E-state index contributed by atoms with van der Waals surface area (Å²) in [5.74, 6) is 2.08. The summed E-state index contributed by atoms with van der Waals surface area (Å²) in [7, 11) is 0. The monoisotopic (exact) mass is 430 g/mol. The van der Waals surface area contributed by atoms with Crippen molar-refractivity contribution < 1.29 is 31.4 Å². The summed E-state index contributed by atoms with van der Waals surface area (Å²) in [6.07, 6.45) is 4.62. The predicted octanol–water partition coefficient (Wildman–Crippen LogP) is 0.740. The van der Waals surface area contributed by atoms with E-state index in [9.17, 15) is 5.11 Å². The maximum atomic E-state index is 11.8. The van der Waals surface area contributed by atoms with Crippen LogP contribution in [0, 0.1) is 0 Å². The zero-order valence-electron chi connectivity index (χ0n) is 15.8. The Morgan fingerprint density at radius 1 is 1.04 bits per heavy atom. The summed E-state index contributed by atoms with van der Waals surface area (Å²) in [6.45, 7) is 4.24. The van der Waals surface area contributed by atoms with Gasteiger partial charge in [0, 0.05) is 12.0 Å². The summed E-state index contributed by atoms with van der Waals surface area (Å²) in [6, 6.07) is 18.2. The molecule has 4 nitrogen and oxygen atoms in total. The molecule has 0 saturated carbocycles. The van der Waals surface area contributed by atoms with Gasteiger partial charge in [0.25, 0.3) is 11.6 Å². The van der Waals surface area contributed by atoms with Gasteiger partial charge < -0.3 is 26.8 Å². The van der Waals surface area contributed by atoms with Crippen LogP contribution in [0.25, 0.3) is 0 Å². The van der Waals surface area contributed by atoms with Gasteiger partial charge in [0.1, 0.15) is 11.4 Å². The lowest BCUT2D eigenvalue weighted by Gasteiger charge is -2.29. The Morgan fingerprint density at radius 2 is 1.78 bits per heavy atom. The van der Waals surface area contributed by atoms with E-state index < -0.39 is 5.72 Å². The quantitative estimate of drug-likeness (QED) is 0.726. The van der Waals surface area contributed by atoms with Gasteiger partial charge >= 0.3 is 0 Å². The molecule has 0 amide bonds. The Hall–Kier alpha value is -1.85. The standard InChI is InChI=1S/C22H27N2O2.BrH/c1-2-26-20-14-12-18(13-15-20)22(25)17-23-16-8-4-7-11-21(23)24(22)19-9-5-3-6-10-19;/h3,5-6,9-10,12-15,25H,2,4,7-8,11,16-17H2,1H3;1H/q+1;/p-1. The first-order valence-corrected chi connectivity index (χ1v) is 9.64. The molecule has 0 bridgehead atoms. The van der Waals surface area contributed by atoms with Gasteiger partial charge in [-0.3, -0.25) is 4.58 Å². The minimum Gasteiger partial charge on any atom is -1.00 e. The van der Waals surface area contributed by atoms with Gasteiger partial charge in [0.05, 0.1) is 13.2 Å². The van der Waals surface area contributed by atoms with Crippen molar-refractivity contribution in [3.05, 3.63) is 60.2 Å². The predicted molar refractivity (Wildman–Crippen MR) is 104 cm³/mol. The molecule has 0 aliphatic carbocycles. The van der Waals surface area contributed by atoms with Crippen molar-refractivity contribution in [3.63, 3.8) is 0 Å². The first kappa shape index (κ1) is 19.9. The number of anilines is 1. The molecule has 0 spiro atoms. The topological polar surface area (TPSA) is 35.7 Å². The van der Waals surface area contributed by atoms with E-state index in [1.54, 1.807) is 0 Å². The Bertz CT molecular complexity index is 792. The summed E-state index contributed by atoms with van der Waals surface area (Å²) in [4.78, 5) is 2.15. The lowest BCUT2D eigenvalue weighted by Crippen LogP contribution is -3.00. The van der Waals surface area contributed by atoms with E-state index in [0.717, 1.165) is 30.0 Å². The summed E-state index contributed by atoms with van der Waals surface area (Å²) in [5, 5.41) is 11.8. The summed E-state index contributed by atoms with van der Waals surface area (Å²) in [5.41, 5.74) is 0.896. The lowest BCUT2D eigenvalue weighted by atomic mass is 9.99. The number of aliphatic hydroxyl groups is 1. The summed E-state index contributed by atoms with van der Waals surface area (Å²) < 4.78 is 7.94. The van der Waals surface area contributed by atoms with E-state index in [-0.39, 0.29) is 17.0 Å². The summed E-state index contributed by atoms with van der Waals surface area (Å²) >= 11 is 0. The molecule has 0 aromatic heterocycles. The van der Waals surface area contributed by atoms with E-state index in [0.29, 0.717) is 13.2 Å². The third-order valence-electron chi connectivity index (χ3n) is 5.37. The average molecular weight is 431 g/mol. The van der Waals surface area contributed by atoms with Crippen LogP contribution in [0.1, 0.15) is 38.2 Å². The van der Waals surface area contributed by atoms with Crippen molar-refractivity contribution in [1.29, 1.82) is 0 Å². The molecule has 27 heavy (non-hydrogen) atoms. The second-order valence-electron chi connectivity index (χ2n) is 7.09.